The van der Waals surface area contributed by atoms with E-state index in [1.807, 2.05) is 26.6 Å². The third-order valence-corrected chi connectivity index (χ3v) is 10.5. The fraction of sp³-hybridized carbons (Fsp3) is 0.654. The van der Waals surface area contributed by atoms with Crippen molar-refractivity contribution in [1.82, 2.24) is 24.6 Å². The summed E-state index contributed by atoms with van der Waals surface area (Å²) in [6, 6.07) is 7.78. The number of sulfone groups is 1. The molecule has 192 valence electrons. The number of carbonyl (C=O) groups excluding carboxylic acids is 1. The molecule has 3 aliphatic carbocycles. The van der Waals surface area contributed by atoms with E-state index in [1.54, 1.807) is 18.5 Å². The van der Waals surface area contributed by atoms with Crippen LogP contribution in [0.1, 0.15) is 56.0 Å². The fourth-order valence-electron chi connectivity index (χ4n) is 7.16. The normalized spacial score (nSPS) is 25.7. The van der Waals surface area contributed by atoms with Crippen LogP contribution in [0.2, 0.25) is 0 Å². The number of nitrogens with zero attached hydrogens (tertiary/aromatic N) is 5. The number of urea groups is 1. The average Bonchev–Trinajstić information content (AvgIpc) is 3.27. The molecule has 3 saturated carbocycles. The molecule has 0 atom stereocenters. The maximum absolute atomic E-state index is 13.0. The van der Waals surface area contributed by atoms with Crippen molar-refractivity contribution in [2.24, 2.45) is 16.7 Å². The van der Waals surface area contributed by atoms with Crippen LogP contribution in [0, 0.1) is 16.7 Å². The molecule has 2 saturated heterocycles. The average molecular weight is 512 g/mol. The maximum Gasteiger partial charge on any atom is 0.320 e. The summed E-state index contributed by atoms with van der Waals surface area (Å²) >= 11 is 0. The number of hydrogen-bond donors (Lipinski definition) is 1. The monoisotopic (exact) mass is 511 g/mol. The fourth-order valence-corrected chi connectivity index (χ4v) is 7.79. The van der Waals surface area contributed by atoms with Gasteiger partial charge in [0.05, 0.1) is 10.9 Å². The van der Waals surface area contributed by atoms with Crippen LogP contribution < -0.4 is 0 Å². The summed E-state index contributed by atoms with van der Waals surface area (Å²) in [4.78, 5) is 21.7. The van der Waals surface area contributed by atoms with Gasteiger partial charge in [0, 0.05) is 43.3 Å². The van der Waals surface area contributed by atoms with Gasteiger partial charge in [-0.2, -0.15) is 5.10 Å². The van der Waals surface area contributed by atoms with Crippen molar-refractivity contribution in [3.05, 3.63) is 42.0 Å². The minimum absolute atomic E-state index is 0.188. The Kier molecular flexibility index (Phi) is 4.61. The summed E-state index contributed by atoms with van der Waals surface area (Å²) in [6.45, 7) is 3.41. The second-order valence-corrected chi connectivity index (χ2v) is 14.5. The van der Waals surface area contributed by atoms with Gasteiger partial charge in [0.15, 0.2) is 15.7 Å². The molecular weight excluding hydrogens is 478 g/mol. The second-order valence-electron chi connectivity index (χ2n) is 12.5. The molecule has 2 aliphatic heterocycles. The van der Waals surface area contributed by atoms with Gasteiger partial charge >= 0.3 is 6.03 Å². The Morgan fingerprint density at radius 1 is 1.00 bits per heavy atom. The van der Waals surface area contributed by atoms with Crippen LogP contribution in [0.3, 0.4) is 0 Å². The highest BCUT2D eigenvalue weighted by atomic mass is 32.2. The van der Waals surface area contributed by atoms with Gasteiger partial charge in [0.1, 0.15) is 11.9 Å². The standard InChI is InChI=1S/C26H33N5O4S/c1-36(34,35)21-4-2-18(3-5-21)8-19-9-24(10-19)13-29(14-24)23(32)30-15-25(16-30)11-20(12-25)31-17-27-22(28-31)26(33)6-7-26/h2-5,17,19-20,33H,6-16H2,1H3. The minimum atomic E-state index is -3.15. The van der Waals surface area contributed by atoms with E-state index in [1.165, 1.54) is 11.8 Å². The van der Waals surface area contributed by atoms with Gasteiger partial charge in [-0.1, -0.05) is 12.1 Å². The van der Waals surface area contributed by atoms with Crippen molar-refractivity contribution in [3.8, 4) is 0 Å². The van der Waals surface area contributed by atoms with E-state index >= 15 is 0 Å². The predicted octanol–water partition coefficient (Wildman–Crippen LogP) is 2.37. The molecule has 1 aromatic heterocycles. The van der Waals surface area contributed by atoms with Gasteiger partial charge in [-0.3, -0.25) is 0 Å². The maximum atomic E-state index is 13.0. The Bertz CT molecular complexity index is 1300. The Morgan fingerprint density at radius 3 is 2.14 bits per heavy atom. The number of benzene rings is 1. The van der Waals surface area contributed by atoms with Crippen LogP contribution in [0.25, 0.3) is 0 Å². The quantitative estimate of drug-likeness (QED) is 0.660. The molecular formula is C26H33N5O4S. The van der Waals surface area contributed by atoms with Crippen LogP contribution in [-0.4, -0.2) is 76.6 Å². The van der Waals surface area contributed by atoms with Gasteiger partial charge in [0.25, 0.3) is 0 Å². The van der Waals surface area contributed by atoms with Gasteiger partial charge < -0.3 is 14.9 Å². The van der Waals surface area contributed by atoms with Gasteiger partial charge in [-0.15, -0.1) is 0 Å². The van der Waals surface area contributed by atoms with Crippen LogP contribution in [0.4, 0.5) is 4.79 Å². The topological polar surface area (TPSA) is 109 Å². The molecule has 2 spiro atoms. The first kappa shape index (κ1) is 22.7. The largest absolute Gasteiger partial charge is 0.382 e. The molecule has 3 heterocycles. The van der Waals surface area contributed by atoms with E-state index in [2.05, 4.69) is 10.1 Å². The lowest BCUT2D eigenvalue weighted by molar-refractivity contribution is -0.107. The number of likely N-dealkylation sites (tertiary alicyclic amines) is 2. The van der Waals surface area contributed by atoms with Crippen molar-refractivity contribution in [1.29, 1.82) is 0 Å². The smallest absolute Gasteiger partial charge is 0.320 e. The highest BCUT2D eigenvalue weighted by Crippen LogP contribution is 2.56. The first-order valence-corrected chi connectivity index (χ1v) is 14.9. The Labute approximate surface area is 211 Å². The molecule has 1 aromatic carbocycles. The summed E-state index contributed by atoms with van der Waals surface area (Å²) < 4.78 is 25.2. The van der Waals surface area contributed by atoms with Crippen LogP contribution >= 0.6 is 0 Å². The molecule has 2 amide bonds. The molecule has 0 bridgehead atoms. The lowest BCUT2D eigenvalue weighted by atomic mass is 9.56. The summed E-state index contributed by atoms with van der Waals surface area (Å²) in [7, 11) is -3.15. The summed E-state index contributed by atoms with van der Waals surface area (Å²) in [5, 5.41) is 14.7. The predicted molar refractivity (Wildman–Crippen MR) is 131 cm³/mol. The molecule has 9 nitrogen and oxygen atoms in total. The third kappa shape index (κ3) is 3.67. The molecule has 5 fully saturated rings. The van der Waals surface area contributed by atoms with E-state index < -0.39 is 15.4 Å². The number of amides is 2. The van der Waals surface area contributed by atoms with E-state index in [9.17, 15) is 18.3 Å². The summed E-state index contributed by atoms with van der Waals surface area (Å²) in [5.74, 6) is 1.17. The van der Waals surface area contributed by atoms with Gasteiger partial charge in [-0.25, -0.2) is 22.9 Å². The highest BCUT2D eigenvalue weighted by molar-refractivity contribution is 7.90. The van der Waals surface area contributed by atoms with Gasteiger partial charge in [-0.05, 0) is 68.6 Å². The zero-order chi connectivity index (χ0) is 24.9. The molecule has 2 aromatic rings. The van der Waals surface area contributed by atoms with Crippen LogP contribution in [-0.2, 0) is 21.9 Å². The number of hydrogen-bond acceptors (Lipinski definition) is 6. The molecule has 10 heteroatoms. The third-order valence-electron chi connectivity index (χ3n) is 9.33. The zero-order valence-corrected chi connectivity index (χ0v) is 21.5. The molecule has 7 rings (SSSR count). The zero-order valence-electron chi connectivity index (χ0n) is 20.6. The summed E-state index contributed by atoms with van der Waals surface area (Å²) in [5.41, 5.74) is 0.935. The second kappa shape index (κ2) is 7.31. The number of aliphatic hydroxyl groups is 1. The molecule has 0 unspecified atom stereocenters. The lowest BCUT2D eigenvalue weighted by Crippen LogP contribution is -2.71. The van der Waals surface area contributed by atoms with E-state index in [4.69, 9.17) is 0 Å². The lowest BCUT2D eigenvalue weighted by Gasteiger charge is -2.63. The molecule has 1 N–H and O–H groups in total. The Morgan fingerprint density at radius 2 is 1.58 bits per heavy atom. The van der Waals surface area contributed by atoms with Crippen LogP contribution in [0.5, 0.6) is 0 Å². The Hall–Kier alpha value is -2.46. The van der Waals surface area contributed by atoms with E-state index in [0.29, 0.717) is 28.1 Å². The van der Waals surface area contributed by atoms with Crippen molar-refractivity contribution in [2.45, 2.75) is 61.5 Å². The SMILES string of the molecule is CS(=O)(=O)c1ccc(CC2CC3(C2)CN(C(=O)N2CC4(CC(n5cnc(C6(O)CC6)n5)C4)C2)C3)cc1. The van der Waals surface area contributed by atoms with Gasteiger partial charge in [0.2, 0.25) is 0 Å². The minimum Gasteiger partial charge on any atom is -0.382 e. The van der Waals surface area contributed by atoms with E-state index in [0.717, 1.165) is 71.1 Å². The van der Waals surface area contributed by atoms with Crippen molar-refractivity contribution < 1.29 is 18.3 Å². The first-order chi connectivity index (χ1) is 17.0. The summed E-state index contributed by atoms with van der Waals surface area (Å²) in [6.07, 6.45) is 9.80. The number of rotatable bonds is 5. The van der Waals surface area contributed by atoms with Crippen molar-refractivity contribution in [2.75, 3.05) is 32.4 Å². The first-order valence-electron chi connectivity index (χ1n) is 13.0. The van der Waals surface area contributed by atoms with E-state index in [-0.39, 0.29) is 11.4 Å². The number of aromatic nitrogens is 3. The highest BCUT2D eigenvalue weighted by Gasteiger charge is 2.58. The van der Waals surface area contributed by atoms with Crippen molar-refractivity contribution in [3.63, 3.8) is 0 Å². The molecule has 36 heavy (non-hydrogen) atoms. The molecule has 5 aliphatic rings. The van der Waals surface area contributed by atoms with Crippen molar-refractivity contribution >= 4 is 15.9 Å². The van der Waals surface area contributed by atoms with Crippen LogP contribution in [0.15, 0.2) is 35.5 Å². The Balaban J connectivity index is 0.844. The molecule has 0 radical (unpaired) electrons. The number of carbonyl (C=O) groups is 1.